The molecule has 1 fully saturated rings. The molecule has 0 radical (unpaired) electrons. The molecule has 2 aromatic rings. The summed E-state index contributed by atoms with van der Waals surface area (Å²) in [5, 5.41) is 0. The highest BCUT2D eigenvalue weighted by Crippen LogP contribution is 2.30. The van der Waals surface area contributed by atoms with Gasteiger partial charge >= 0.3 is 0 Å². The van der Waals surface area contributed by atoms with Crippen molar-refractivity contribution in [3.8, 4) is 0 Å². The second-order valence-electron chi connectivity index (χ2n) is 7.69. The molecule has 2 nitrogen and oxygen atoms in total. The Morgan fingerprint density at radius 3 is 1.48 bits per heavy atom. The molecular weight excluding hydrogens is 332 g/mol. The van der Waals surface area contributed by atoms with Crippen LogP contribution in [0.1, 0.15) is 80.4 Å². The van der Waals surface area contributed by atoms with E-state index in [9.17, 15) is 0 Å². The fourth-order valence-electron chi connectivity index (χ4n) is 3.65. The van der Waals surface area contributed by atoms with Gasteiger partial charge in [0.05, 0.1) is 13.2 Å². The van der Waals surface area contributed by atoms with Crippen LogP contribution < -0.4 is 0 Å². The molecule has 0 amide bonds. The number of hydrogen-bond acceptors (Lipinski definition) is 2. The largest absolute Gasteiger partial charge is 0.368 e. The van der Waals surface area contributed by atoms with Crippen molar-refractivity contribution in [1.29, 1.82) is 0 Å². The van der Waals surface area contributed by atoms with Gasteiger partial charge in [-0.25, -0.2) is 0 Å². The normalized spacial score (nSPS) is 19.9. The van der Waals surface area contributed by atoms with Crippen LogP contribution in [-0.4, -0.2) is 13.2 Å². The SMILES string of the molecule is CCCCCc1ccc([C@@H]2CO[C@@H](c3ccc(CCCC)cc3)CO2)cc1. The molecule has 0 saturated carbocycles. The van der Waals surface area contributed by atoms with Gasteiger partial charge in [0.1, 0.15) is 12.2 Å². The van der Waals surface area contributed by atoms with Gasteiger partial charge in [-0.1, -0.05) is 81.6 Å². The fraction of sp³-hybridized carbons (Fsp3) is 0.520. The summed E-state index contributed by atoms with van der Waals surface area (Å²) in [5.41, 5.74) is 5.28. The lowest BCUT2D eigenvalue weighted by Gasteiger charge is -2.30. The highest BCUT2D eigenvalue weighted by molar-refractivity contribution is 5.26. The third kappa shape index (κ3) is 5.92. The Hall–Kier alpha value is -1.64. The van der Waals surface area contributed by atoms with E-state index in [0.29, 0.717) is 13.2 Å². The number of aryl methyl sites for hydroxylation is 2. The summed E-state index contributed by atoms with van der Waals surface area (Å²) in [6.45, 7) is 5.73. The van der Waals surface area contributed by atoms with E-state index in [0.717, 1.165) is 6.42 Å². The van der Waals surface area contributed by atoms with Gasteiger partial charge in [0.15, 0.2) is 0 Å². The lowest BCUT2D eigenvalue weighted by Crippen LogP contribution is -2.25. The van der Waals surface area contributed by atoms with Crippen LogP contribution in [-0.2, 0) is 22.3 Å². The van der Waals surface area contributed by atoms with Gasteiger partial charge in [0, 0.05) is 0 Å². The highest BCUT2D eigenvalue weighted by Gasteiger charge is 2.24. The molecule has 1 heterocycles. The predicted octanol–water partition coefficient (Wildman–Crippen LogP) is 6.59. The van der Waals surface area contributed by atoms with Crippen molar-refractivity contribution in [2.24, 2.45) is 0 Å². The molecule has 0 N–H and O–H groups in total. The van der Waals surface area contributed by atoms with Crippen LogP contribution in [0.5, 0.6) is 0 Å². The summed E-state index contributed by atoms with van der Waals surface area (Å²) >= 11 is 0. The van der Waals surface area contributed by atoms with E-state index in [2.05, 4.69) is 62.4 Å². The molecule has 0 aromatic heterocycles. The number of hydrogen-bond donors (Lipinski definition) is 0. The van der Waals surface area contributed by atoms with Crippen LogP contribution in [0.25, 0.3) is 0 Å². The van der Waals surface area contributed by atoms with Gasteiger partial charge in [0.2, 0.25) is 0 Å². The van der Waals surface area contributed by atoms with Crippen molar-refractivity contribution < 1.29 is 9.47 Å². The lowest BCUT2D eigenvalue weighted by molar-refractivity contribution is -0.137. The maximum absolute atomic E-state index is 6.14. The van der Waals surface area contributed by atoms with Crippen LogP contribution in [0.15, 0.2) is 48.5 Å². The first-order chi connectivity index (χ1) is 13.3. The van der Waals surface area contributed by atoms with E-state index in [4.69, 9.17) is 9.47 Å². The van der Waals surface area contributed by atoms with Crippen LogP contribution in [0.3, 0.4) is 0 Å². The minimum atomic E-state index is 0.0507. The average Bonchev–Trinajstić information content (AvgIpc) is 2.73. The average molecular weight is 367 g/mol. The van der Waals surface area contributed by atoms with Crippen molar-refractivity contribution in [3.63, 3.8) is 0 Å². The summed E-state index contributed by atoms with van der Waals surface area (Å²) in [7, 11) is 0. The van der Waals surface area contributed by atoms with Gasteiger partial charge < -0.3 is 9.47 Å². The molecule has 1 aliphatic rings. The van der Waals surface area contributed by atoms with Crippen LogP contribution in [0, 0.1) is 0 Å². The zero-order chi connectivity index (χ0) is 18.9. The van der Waals surface area contributed by atoms with Gasteiger partial charge in [0.25, 0.3) is 0 Å². The summed E-state index contributed by atoms with van der Waals surface area (Å²) in [5.74, 6) is 0. The minimum absolute atomic E-state index is 0.0507. The lowest BCUT2D eigenvalue weighted by atomic mass is 10.0. The summed E-state index contributed by atoms with van der Waals surface area (Å²) in [6.07, 6.45) is 8.78. The van der Waals surface area contributed by atoms with Crippen LogP contribution in [0.2, 0.25) is 0 Å². The fourth-order valence-corrected chi connectivity index (χ4v) is 3.65. The smallest absolute Gasteiger partial charge is 0.106 e. The van der Waals surface area contributed by atoms with Crippen molar-refractivity contribution >= 4 is 0 Å². The van der Waals surface area contributed by atoms with Gasteiger partial charge in [-0.3, -0.25) is 0 Å². The molecule has 146 valence electrons. The molecule has 27 heavy (non-hydrogen) atoms. The molecule has 2 aromatic carbocycles. The molecular formula is C25H34O2. The van der Waals surface area contributed by atoms with Crippen LogP contribution >= 0.6 is 0 Å². The van der Waals surface area contributed by atoms with Crippen LogP contribution in [0.4, 0.5) is 0 Å². The van der Waals surface area contributed by atoms with Gasteiger partial charge in [-0.05, 0) is 47.9 Å². The van der Waals surface area contributed by atoms with E-state index < -0.39 is 0 Å². The Morgan fingerprint density at radius 2 is 1.07 bits per heavy atom. The summed E-state index contributed by atoms with van der Waals surface area (Å²) < 4.78 is 12.3. The Bertz CT molecular complexity index is 652. The van der Waals surface area contributed by atoms with E-state index >= 15 is 0 Å². The molecule has 2 heteroatoms. The Morgan fingerprint density at radius 1 is 0.630 bits per heavy atom. The molecule has 0 spiro atoms. The second kappa shape index (κ2) is 10.6. The Balaban J connectivity index is 1.49. The van der Waals surface area contributed by atoms with Gasteiger partial charge in [-0.15, -0.1) is 0 Å². The molecule has 2 atom stereocenters. The third-order valence-corrected chi connectivity index (χ3v) is 5.49. The number of unbranched alkanes of at least 4 members (excludes halogenated alkanes) is 3. The topological polar surface area (TPSA) is 18.5 Å². The van der Waals surface area contributed by atoms with Crippen molar-refractivity contribution in [3.05, 3.63) is 70.8 Å². The van der Waals surface area contributed by atoms with E-state index in [1.54, 1.807) is 0 Å². The first-order valence-corrected chi connectivity index (χ1v) is 10.7. The first-order valence-electron chi connectivity index (χ1n) is 10.7. The zero-order valence-electron chi connectivity index (χ0n) is 17.0. The van der Waals surface area contributed by atoms with Crippen molar-refractivity contribution in [2.45, 2.75) is 71.0 Å². The second-order valence-corrected chi connectivity index (χ2v) is 7.69. The molecule has 0 aliphatic carbocycles. The number of benzene rings is 2. The molecule has 1 aliphatic heterocycles. The standard InChI is InChI=1S/C25H34O2/c1-3-5-7-9-21-12-16-23(17-13-21)25-19-26-24(18-27-25)22-14-10-20(11-15-22)8-6-4-2/h10-17,24-25H,3-9,18-19H2,1-2H3/t24-,25+/m1/s1. The maximum atomic E-state index is 6.14. The first kappa shape index (κ1) is 20.1. The third-order valence-electron chi connectivity index (χ3n) is 5.49. The Kier molecular flexibility index (Phi) is 7.92. The van der Waals surface area contributed by atoms with Crippen molar-refractivity contribution in [2.75, 3.05) is 13.2 Å². The van der Waals surface area contributed by atoms with Gasteiger partial charge in [-0.2, -0.15) is 0 Å². The zero-order valence-corrected chi connectivity index (χ0v) is 17.0. The Labute approximate surface area is 164 Å². The molecule has 0 unspecified atom stereocenters. The quantitative estimate of drug-likeness (QED) is 0.466. The molecule has 3 rings (SSSR count). The van der Waals surface area contributed by atoms with E-state index in [1.165, 1.54) is 60.8 Å². The number of ether oxygens (including phenoxy) is 2. The summed E-state index contributed by atoms with van der Waals surface area (Å²) in [6, 6.07) is 17.8. The summed E-state index contributed by atoms with van der Waals surface area (Å²) in [4.78, 5) is 0. The van der Waals surface area contributed by atoms with E-state index in [-0.39, 0.29) is 12.2 Å². The number of rotatable bonds is 9. The monoisotopic (exact) mass is 366 g/mol. The minimum Gasteiger partial charge on any atom is -0.368 e. The predicted molar refractivity (Wildman–Crippen MR) is 112 cm³/mol. The maximum Gasteiger partial charge on any atom is 0.106 e. The molecule has 0 bridgehead atoms. The highest BCUT2D eigenvalue weighted by atomic mass is 16.6. The molecule has 1 saturated heterocycles. The van der Waals surface area contributed by atoms with Crippen molar-refractivity contribution in [1.82, 2.24) is 0 Å². The van der Waals surface area contributed by atoms with E-state index in [1.807, 2.05) is 0 Å².